The fourth-order valence-electron chi connectivity index (χ4n) is 1.45. The van der Waals surface area contributed by atoms with Gasteiger partial charge in [0.2, 0.25) is 0 Å². The van der Waals surface area contributed by atoms with Gasteiger partial charge in [-0.2, -0.15) is 5.10 Å². The summed E-state index contributed by atoms with van der Waals surface area (Å²) in [7, 11) is 0. The molecule has 0 spiro atoms. The molecule has 86 valence electrons. The van der Waals surface area contributed by atoms with Gasteiger partial charge in [0.05, 0.1) is 12.0 Å². The Kier molecular flexibility index (Phi) is 3.10. The number of hydrogen-bond acceptors (Lipinski definition) is 4. The zero-order valence-electron chi connectivity index (χ0n) is 8.65. The van der Waals surface area contributed by atoms with Crippen LogP contribution in [-0.2, 0) is 0 Å². The minimum Gasteiger partial charge on any atom is -0.462 e. The maximum absolute atomic E-state index is 6.32. The number of anilines is 1. The SMILES string of the molecule is ClP1SC(c2ccco2)=NN1c1ccccc1. The number of nitrogens with zero attached hydrogens (tertiary/aromatic N) is 2. The van der Waals surface area contributed by atoms with Crippen molar-refractivity contribution in [2.24, 2.45) is 5.10 Å². The van der Waals surface area contributed by atoms with Gasteiger partial charge in [0, 0.05) is 0 Å². The van der Waals surface area contributed by atoms with Crippen molar-refractivity contribution in [1.29, 1.82) is 0 Å². The number of rotatable bonds is 2. The van der Waals surface area contributed by atoms with Gasteiger partial charge in [-0.1, -0.05) is 29.4 Å². The molecule has 2 heterocycles. The number of benzene rings is 1. The van der Waals surface area contributed by atoms with Crippen molar-refractivity contribution in [3.63, 3.8) is 0 Å². The molecule has 2 aromatic rings. The smallest absolute Gasteiger partial charge is 0.179 e. The van der Waals surface area contributed by atoms with Crippen LogP contribution in [0.15, 0.2) is 58.2 Å². The molecule has 3 rings (SSSR count). The largest absolute Gasteiger partial charge is 0.462 e. The molecule has 0 N–H and O–H groups in total. The number of hydrogen-bond donors (Lipinski definition) is 0. The lowest BCUT2D eigenvalue weighted by atomic mass is 10.3. The van der Waals surface area contributed by atoms with Crippen LogP contribution >= 0.6 is 29.2 Å². The van der Waals surface area contributed by atoms with Crippen molar-refractivity contribution >= 4 is 40.0 Å². The highest BCUT2D eigenvalue weighted by atomic mass is 35.7. The van der Waals surface area contributed by atoms with Crippen LogP contribution in [0.25, 0.3) is 0 Å². The van der Waals surface area contributed by atoms with Crippen LogP contribution in [0.5, 0.6) is 0 Å². The van der Waals surface area contributed by atoms with Crippen molar-refractivity contribution in [3.05, 3.63) is 54.5 Å². The Morgan fingerprint density at radius 1 is 1.18 bits per heavy atom. The fraction of sp³-hybridized carbons (Fsp3) is 0. The van der Waals surface area contributed by atoms with Gasteiger partial charge < -0.3 is 4.42 Å². The predicted octanol–water partition coefficient (Wildman–Crippen LogP) is 4.66. The van der Waals surface area contributed by atoms with Crippen LogP contribution in [0.2, 0.25) is 0 Å². The molecular weight excluding hydrogens is 275 g/mol. The van der Waals surface area contributed by atoms with Crippen LogP contribution in [0.4, 0.5) is 5.69 Å². The van der Waals surface area contributed by atoms with Gasteiger partial charge in [0.25, 0.3) is 0 Å². The number of para-hydroxylation sites is 1. The van der Waals surface area contributed by atoms with Gasteiger partial charge in [0.15, 0.2) is 17.4 Å². The highest BCUT2D eigenvalue weighted by Crippen LogP contribution is 2.64. The van der Waals surface area contributed by atoms with Crippen LogP contribution in [-0.4, -0.2) is 5.04 Å². The van der Waals surface area contributed by atoms with Gasteiger partial charge in [-0.25, -0.2) is 4.78 Å². The van der Waals surface area contributed by atoms with E-state index in [0.717, 1.165) is 16.5 Å². The minimum atomic E-state index is -0.890. The monoisotopic (exact) mass is 282 g/mol. The molecule has 1 aromatic heterocycles. The van der Waals surface area contributed by atoms with E-state index in [9.17, 15) is 0 Å². The lowest BCUT2D eigenvalue weighted by Crippen LogP contribution is -2.01. The second-order valence-corrected chi connectivity index (χ2v) is 7.87. The van der Waals surface area contributed by atoms with E-state index in [1.165, 1.54) is 11.4 Å². The lowest BCUT2D eigenvalue weighted by molar-refractivity contribution is 0.559. The van der Waals surface area contributed by atoms with Crippen LogP contribution < -0.4 is 4.78 Å². The standard InChI is InChI=1S/C11H8ClN2OPS/c12-16-14(9-5-2-1-3-6-9)13-11(17-16)10-7-4-8-15-10/h1-8H. The zero-order chi connectivity index (χ0) is 11.7. The molecule has 0 fully saturated rings. The molecule has 0 amide bonds. The average Bonchev–Trinajstić information content (AvgIpc) is 2.99. The molecule has 0 saturated carbocycles. The third-order valence-corrected chi connectivity index (χ3v) is 5.93. The average molecular weight is 283 g/mol. The molecule has 1 aliphatic rings. The molecule has 3 nitrogen and oxygen atoms in total. The first-order chi connectivity index (χ1) is 8.34. The highest BCUT2D eigenvalue weighted by Gasteiger charge is 2.29. The van der Waals surface area contributed by atoms with E-state index >= 15 is 0 Å². The lowest BCUT2D eigenvalue weighted by Gasteiger charge is -2.15. The fourth-order valence-corrected chi connectivity index (χ4v) is 4.92. The summed E-state index contributed by atoms with van der Waals surface area (Å²) in [6.07, 6.45) is 1.64. The highest BCUT2D eigenvalue weighted by molar-refractivity contribution is 8.70. The number of hydrazone groups is 1. The molecule has 1 atom stereocenters. The van der Waals surface area contributed by atoms with E-state index < -0.39 is 6.63 Å². The quantitative estimate of drug-likeness (QED) is 0.750. The summed E-state index contributed by atoms with van der Waals surface area (Å²) >= 11 is 7.86. The van der Waals surface area contributed by atoms with E-state index in [4.69, 9.17) is 15.7 Å². The Labute approximate surface area is 109 Å². The van der Waals surface area contributed by atoms with E-state index in [1.54, 1.807) is 6.26 Å². The van der Waals surface area contributed by atoms with E-state index in [-0.39, 0.29) is 0 Å². The summed E-state index contributed by atoms with van der Waals surface area (Å²) in [5.74, 6) is 0.765. The van der Waals surface area contributed by atoms with Crippen molar-refractivity contribution in [3.8, 4) is 0 Å². The van der Waals surface area contributed by atoms with E-state index in [1.807, 2.05) is 47.2 Å². The predicted molar refractivity (Wildman–Crippen MR) is 74.5 cm³/mol. The topological polar surface area (TPSA) is 28.7 Å². The molecule has 0 aliphatic carbocycles. The first-order valence-corrected chi connectivity index (χ1v) is 8.58. The molecule has 6 heteroatoms. The van der Waals surface area contributed by atoms with Crippen molar-refractivity contribution < 1.29 is 4.42 Å². The van der Waals surface area contributed by atoms with Gasteiger partial charge in [0.1, 0.15) is 0 Å². The summed E-state index contributed by atoms with van der Waals surface area (Å²) in [6, 6.07) is 13.6. The summed E-state index contributed by atoms with van der Waals surface area (Å²) < 4.78 is 7.17. The minimum absolute atomic E-state index is 0.765. The van der Waals surface area contributed by atoms with E-state index in [0.29, 0.717) is 0 Å². The molecule has 0 saturated heterocycles. The molecule has 1 aliphatic heterocycles. The van der Waals surface area contributed by atoms with Crippen LogP contribution in [0.1, 0.15) is 5.76 Å². The maximum Gasteiger partial charge on any atom is 0.179 e. The molecule has 0 bridgehead atoms. The van der Waals surface area contributed by atoms with Crippen LogP contribution in [0, 0.1) is 0 Å². The normalized spacial score (nSPS) is 19.5. The molecular formula is C11H8ClN2OPS. The third kappa shape index (κ3) is 2.21. The Hall–Kier alpha value is -0.960. The Morgan fingerprint density at radius 2 is 2.00 bits per heavy atom. The Morgan fingerprint density at radius 3 is 2.71 bits per heavy atom. The van der Waals surface area contributed by atoms with E-state index in [2.05, 4.69) is 5.10 Å². The summed E-state index contributed by atoms with van der Waals surface area (Å²) in [5, 5.41) is 5.33. The van der Waals surface area contributed by atoms with Gasteiger partial charge in [-0.05, 0) is 35.6 Å². The first-order valence-electron chi connectivity index (χ1n) is 4.96. The van der Waals surface area contributed by atoms with Gasteiger partial charge in [-0.15, -0.1) is 0 Å². The van der Waals surface area contributed by atoms with Crippen molar-refractivity contribution in [1.82, 2.24) is 0 Å². The molecule has 17 heavy (non-hydrogen) atoms. The zero-order valence-corrected chi connectivity index (χ0v) is 11.1. The molecule has 1 unspecified atom stereocenters. The van der Waals surface area contributed by atoms with Crippen LogP contribution in [0.3, 0.4) is 0 Å². The second-order valence-electron chi connectivity index (χ2n) is 3.32. The first kappa shape index (κ1) is 11.1. The summed E-state index contributed by atoms with van der Waals surface area (Å²) in [4.78, 5) is 0. The maximum atomic E-state index is 6.32. The van der Waals surface area contributed by atoms with Crippen molar-refractivity contribution in [2.75, 3.05) is 4.78 Å². The molecule has 1 aromatic carbocycles. The summed E-state index contributed by atoms with van der Waals surface area (Å²) in [6.45, 7) is -0.890. The third-order valence-electron chi connectivity index (χ3n) is 2.22. The van der Waals surface area contributed by atoms with Crippen molar-refractivity contribution in [2.45, 2.75) is 0 Å². The van der Waals surface area contributed by atoms with Gasteiger partial charge >= 0.3 is 0 Å². The Bertz CT molecular complexity index is 532. The Balaban J connectivity index is 1.92. The number of furan rings is 1. The number of halogens is 1. The van der Waals surface area contributed by atoms with Gasteiger partial charge in [-0.3, -0.25) is 0 Å². The second kappa shape index (κ2) is 4.73. The summed E-state index contributed by atoms with van der Waals surface area (Å²) in [5.41, 5.74) is 1.00. The molecule has 0 radical (unpaired) electrons.